The molecule has 1 heterocycles. The van der Waals surface area contributed by atoms with Crippen LogP contribution in [-0.2, 0) is 14.8 Å². The van der Waals surface area contributed by atoms with Crippen molar-refractivity contribution in [3.05, 3.63) is 72.3 Å². The maximum atomic E-state index is 13.2. The molecule has 0 saturated carbocycles. The van der Waals surface area contributed by atoms with Gasteiger partial charge in [0.1, 0.15) is 6.07 Å². The molecule has 1 aliphatic heterocycles. The van der Waals surface area contributed by atoms with Gasteiger partial charge in [0.15, 0.2) is 0 Å². The second kappa shape index (κ2) is 9.71. The fourth-order valence-electron chi connectivity index (χ4n) is 4.25. The molecule has 1 aliphatic rings. The molecule has 7 nitrogen and oxygen atoms in total. The van der Waals surface area contributed by atoms with E-state index in [0.29, 0.717) is 19.6 Å². The van der Waals surface area contributed by atoms with Crippen molar-refractivity contribution in [2.75, 3.05) is 44.2 Å². The van der Waals surface area contributed by atoms with Crippen molar-refractivity contribution in [1.29, 1.82) is 5.26 Å². The summed E-state index contributed by atoms with van der Waals surface area (Å²) in [6.07, 6.45) is 0. The van der Waals surface area contributed by atoms with Crippen molar-refractivity contribution < 1.29 is 13.2 Å². The van der Waals surface area contributed by atoms with E-state index >= 15 is 0 Å². The number of hydrogen-bond acceptors (Lipinski definition) is 5. The van der Waals surface area contributed by atoms with Crippen LogP contribution in [-0.4, -0.2) is 62.8 Å². The standard InChI is InChI=1S/C25H26N4O3S/c1-2-29(23-12-7-10-20-8-3-5-11-22(20)23)25(30)19-27-14-16-28(17-15-27)33(31,32)24-13-6-4-9-21(24)18-26/h3-13H,2,14-17,19H2,1H3. The van der Waals surface area contributed by atoms with Gasteiger partial charge in [0.05, 0.1) is 22.7 Å². The summed E-state index contributed by atoms with van der Waals surface area (Å²) >= 11 is 0. The zero-order valence-electron chi connectivity index (χ0n) is 18.5. The second-order valence-corrected chi connectivity index (χ2v) is 9.83. The van der Waals surface area contributed by atoms with Crippen LogP contribution in [0.5, 0.6) is 0 Å². The zero-order valence-corrected chi connectivity index (χ0v) is 19.3. The maximum Gasteiger partial charge on any atom is 0.244 e. The lowest BCUT2D eigenvalue weighted by Crippen LogP contribution is -2.51. The monoisotopic (exact) mass is 462 g/mol. The Morgan fingerprint density at radius 2 is 1.64 bits per heavy atom. The van der Waals surface area contributed by atoms with Crippen LogP contribution in [0.2, 0.25) is 0 Å². The summed E-state index contributed by atoms with van der Waals surface area (Å²) < 4.78 is 27.5. The van der Waals surface area contributed by atoms with E-state index < -0.39 is 10.0 Å². The minimum Gasteiger partial charge on any atom is -0.311 e. The Morgan fingerprint density at radius 1 is 0.970 bits per heavy atom. The van der Waals surface area contributed by atoms with E-state index in [1.165, 1.54) is 16.4 Å². The van der Waals surface area contributed by atoms with Crippen LogP contribution in [0, 0.1) is 11.3 Å². The van der Waals surface area contributed by atoms with E-state index in [-0.39, 0.29) is 36.0 Å². The van der Waals surface area contributed by atoms with Crippen molar-refractivity contribution in [3.63, 3.8) is 0 Å². The topological polar surface area (TPSA) is 84.7 Å². The molecule has 0 atom stereocenters. The Labute approximate surface area is 194 Å². The van der Waals surface area contributed by atoms with Gasteiger partial charge in [-0.15, -0.1) is 0 Å². The molecule has 0 aromatic heterocycles. The van der Waals surface area contributed by atoms with Crippen LogP contribution in [0.15, 0.2) is 71.6 Å². The minimum absolute atomic E-state index is 0.0139. The van der Waals surface area contributed by atoms with Crippen molar-refractivity contribution in [1.82, 2.24) is 9.21 Å². The van der Waals surface area contributed by atoms with E-state index in [1.807, 2.05) is 60.4 Å². The second-order valence-electron chi connectivity index (χ2n) is 7.92. The highest BCUT2D eigenvalue weighted by atomic mass is 32.2. The highest BCUT2D eigenvalue weighted by Gasteiger charge is 2.31. The molecule has 1 amide bonds. The number of sulfonamides is 1. The summed E-state index contributed by atoms with van der Waals surface area (Å²) in [6.45, 7) is 4.17. The molecule has 0 bridgehead atoms. The quantitative estimate of drug-likeness (QED) is 0.562. The molecule has 170 valence electrons. The SMILES string of the molecule is CCN(C(=O)CN1CCN(S(=O)(=O)c2ccccc2C#N)CC1)c1cccc2ccccc12. The van der Waals surface area contributed by atoms with Crippen molar-refractivity contribution in [2.45, 2.75) is 11.8 Å². The van der Waals surface area contributed by atoms with E-state index in [1.54, 1.807) is 17.0 Å². The summed E-state index contributed by atoms with van der Waals surface area (Å²) in [5, 5.41) is 11.4. The summed E-state index contributed by atoms with van der Waals surface area (Å²) in [7, 11) is -3.76. The number of carbonyl (C=O) groups excluding carboxylic acids is 1. The van der Waals surface area contributed by atoms with E-state index in [9.17, 15) is 18.5 Å². The number of fused-ring (bicyclic) bond motifs is 1. The number of likely N-dealkylation sites (N-methyl/N-ethyl adjacent to an activating group) is 1. The van der Waals surface area contributed by atoms with Crippen LogP contribution in [0.25, 0.3) is 10.8 Å². The Hall–Kier alpha value is -3.25. The molecule has 0 radical (unpaired) electrons. The van der Waals surface area contributed by atoms with E-state index in [4.69, 9.17) is 0 Å². The number of piperazine rings is 1. The normalized spacial score (nSPS) is 15.3. The largest absolute Gasteiger partial charge is 0.311 e. The summed E-state index contributed by atoms with van der Waals surface area (Å²) in [5.74, 6) is -0.0139. The van der Waals surface area contributed by atoms with Gasteiger partial charge >= 0.3 is 0 Å². The summed E-state index contributed by atoms with van der Waals surface area (Å²) in [4.78, 5) is 17.0. The molecular formula is C25H26N4O3S. The summed E-state index contributed by atoms with van der Waals surface area (Å²) in [6, 6.07) is 22.1. The average molecular weight is 463 g/mol. The van der Waals surface area contributed by atoms with Crippen LogP contribution in [0.1, 0.15) is 12.5 Å². The molecule has 0 N–H and O–H groups in total. The van der Waals surface area contributed by atoms with Gasteiger partial charge in [0.25, 0.3) is 0 Å². The number of hydrogen-bond donors (Lipinski definition) is 0. The number of nitriles is 1. The van der Waals surface area contributed by atoms with Crippen molar-refractivity contribution in [2.24, 2.45) is 0 Å². The van der Waals surface area contributed by atoms with Crippen molar-refractivity contribution >= 4 is 32.4 Å². The third-order valence-corrected chi connectivity index (χ3v) is 7.95. The molecule has 3 aromatic rings. The fraction of sp³-hybridized carbons (Fsp3) is 0.280. The van der Waals surface area contributed by atoms with Crippen LogP contribution in [0.4, 0.5) is 5.69 Å². The van der Waals surface area contributed by atoms with Crippen molar-refractivity contribution in [3.8, 4) is 6.07 Å². The number of rotatable bonds is 6. The highest BCUT2D eigenvalue weighted by Crippen LogP contribution is 2.27. The van der Waals surface area contributed by atoms with E-state index in [0.717, 1.165) is 16.5 Å². The first-order valence-corrected chi connectivity index (χ1v) is 12.4. The Kier molecular flexibility index (Phi) is 6.75. The maximum absolute atomic E-state index is 13.2. The predicted molar refractivity (Wildman–Crippen MR) is 128 cm³/mol. The lowest BCUT2D eigenvalue weighted by atomic mass is 10.1. The average Bonchev–Trinajstić information content (AvgIpc) is 2.85. The van der Waals surface area contributed by atoms with Gasteiger partial charge in [-0.25, -0.2) is 8.42 Å². The molecule has 4 rings (SSSR count). The molecule has 3 aromatic carbocycles. The zero-order chi connectivity index (χ0) is 23.4. The first-order chi connectivity index (χ1) is 16.0. The lowest BCUT2D eigenvalue weighted by molar-refractivity contribution is -0.120. The molecule has 1 saturated heterocycles. The van der Waals surface area contributed by atoms with Crippen LogP contribution < -0.4 is 4.90 Å². The molecule has 0 aliphatic carbocycles. The molecule has 8 heteroatoms. The van der Waals surface area contributed by atoms with Crippen LogP contribution in [0.3, 0.4) is 0 Å². The lowest BCUT2D eigenvalue weighted by Gasteiger charge is -2.34. The van der Waals surface area contributed by atoms with Crippen LogP contribution >= 0.6 is 0 Å². The Balaban J connectivity index is 1.44. The first kappa shape index (κ1) is 22.9. The van der Waals surface area contributed by atoms with Gasteiger partial charge in [0.2, 0.25) is 15.9 Å². The number of carbonyl (C=O) groups is 1. The van der Waals surface area contributed by atoms with Gasteiger partial charge in [-0.2, -0.15) is 9.57 Å². The Bertz CT molecular complexity index is 1300. The van der Waals surface area contributed by atoms with E-state index in [2.05, 4.69) is 0 Å². The van der Waals surface area contributed by atoms with Gasteiger partial charge < -0.3 is 4.90 Å². The van der Waals surface area contributed by atoms with Gasteiger partial charge in [-0.05, 0) is 30.5 Å². The van der Waals surface area contributed by atoms with Gasteiger partial charge in [-0.1, -0.05) is 48.5 Å². The Morgan fingerprint density at radius 3 is 2.36 bits per heavy atom. The molecule has 33 heavy (non-hydrogen) atoms. The number of nitrogens with zero attached hydrogens (tertiary/aromatic N) is 4. The van der Waals surface area contributed by atoms with Gasteiger partial charge in [-0.3, -0.25) is 9.69 Å². The van der Waals surface area contributed by atoms with Gasteiger partial charge in [0, 0.05) is 38.1 Å². The first-order valence-electron chi connectivity index (χ1n) is 11.0. The number of anilines is 1. The number of amides is 1. The third kappa shape index (κ3) is 4.62. The molecule has 0 unspecified atom stereocenters. The molecule has 0 spiro atoms. The summed E-state index contributed by atoms with van der Waals surface area (Å²) in [5.41, 5.74) is 1.03. The molecule has 1 fully saturated rings. The number of benzene rings is 3. The third-order valence-electron chi connectivity index (χ3n) is 5.99. The predicted octanol–water partition coefficient (Wildman–Crippen LogP) is 3.07. The smallest absolute Gasteiger partial charge is 0.244 e. The highest BCUT2D eigenvalue weighted by molar-refractivity contribution is 7.89. The minimum atomic E-state index is -3.76. The molecular weight excluding hydrogens is 436 g/mol. The fourth-order valence-corrected chi connectivity index (χ4v) is 5.82.